The van der Waals surface area contributed by atoms with Crippen molar-refractivity contribution in [1.29, 1.82) is 0 Å². The van der Waals surface area contributed by atoms with E-state index in [1.165, 1.54) is 4.57 Å². The predicted octanol–water partition coefficient (Wildman–Crippen LogP) is 0.847. The third-order valence-electron chi connectivity index (χ3n) is 4.52. The average Bonchev–Trinajstić information content (AvgIpc) is 3.07. The summed E-state index contributed by atoms with van der Waals surface area (Å²) in [5.41, 5.74) is 6.61. The van der Waals surface area contributed by atoms with Crippen LogP contribution in [0.2, 0.25) is 0 Å². The zero-order valence-electron chi connectivity index (χ0n) is 19.5. The minimum atomic E-state index is -0.629. The predicted molar refractivity (Wildman–Crippen MR) is 124 cm³/mol. The van der Waals surface area contributed by atoms with Crippen molar-refractivity contribution in [3.63, 3.8) is 0 Å². The monoisotopic (exact) mass is 472 g/mol. The molecule has 1 amide bonds. The van der Waals surface area contributed by atoms with Gasteiger partial charge in [-0.3, -0.25) is 14.2 Å². The smallest absolute Gasteiger partial charge is 0.328 e. The molecule has 34 heavy (non-hydrogen) atoms. The Bertz CT molecular complexity index is 1230. The third-order valence-corrected chi connectivity index (χ3v) is 4.52. The van der Waals surface area contributed by atoms with E-state index in [-0.39, 0.29) is 31.5 Å². The molecular formula is C22H28N6O6. The number of H-pyrrole nitrogens is 1. The number of hydrogen-bond donors (Lipinski definition) is 3. The van der Waals surface area contributed by atoms with Crippen LogP contribution in [0.1, 0.15) is 36.7 Å². The number of aromatic nitrogens is 4. The van der Waals surface area contributed by atoms with Crippen molar-refractivity contribution in [3.05, 3.63) is 45.9 Å². The van der Waals surface area contributed by atoms with E-state index in [0.29, 0.717) is 23.3 Å². The normalized spacial score (nSPS) is 11.4. The van der Waals surface area contributed by atoms with E-state index in [1.807, 2.05) is 0 Å². The van der Waals surface area contributed by atoms with E-state index in [1.54, 1.807) is 52.1 Å². The van der Waals surface area contributed by atoms with Gasteiger partial charge in [0.1, 0.15) is 24.3 Å². The quantitative estimate of drug-likeness (QED) is 0.302. The molecule has 0 saturated heterocycles. The molecule has 182 valence electrons. The highest BCUT2D eigenvalue weighted by molar-refractivity contribution is 5.96. The van der Waals surface area contributed by atoms with Gasteiger partial charge in [-0.15, -0.1) is 0 Å². The molecule has 0 spiro atoms. The molecule has 12 heteroatoms. The van der Waals surface area contributed by atoms with Gasteiger partial charge in [0, 0.05) is 12.7 Å². The zero-order chi connectivity index (χ0) is 24.9. The summed E-state index contributed by atoms with van der Waals surface area (Å²) in [5.74, 6) is -0.853. The van der Waals surface area contributed by atoms with Gasteiger partial charge < -0.3 is 30.2 Å². The minimum Gasteiger partial charge on any atom is -0.461 e. The van der Waals surface area contributed by atoms with Gasteiger partial charge in [-0.05, 0) is 38.5 Å². The lowest BCUT2D eigenvalue weighted by molar-refractivity contribution is -0.153. The van der Waals surface area contributed by atoms with Crippen molar-refractivity contribution in [1.82, 2.24) is 24.8 Å². The number of carbonyl (C=O) groups excluding carboxylic acids is 2. The first-order valence-electron chi connectivity index (χ1n) is 10.5. The number of benzene rings is 1. The van der Waals surface area contributed by atoms with Crippen LogP contribution in [0.15, 0.2) is 29.1 Å². The maximum atomic E-state index is 12.5. The number of fused-ring (bicyclic) bond motifs is 1. The molecule has 4 N–H and O–H groups in total. The Hall–Kier alpha value is -3.93. The largest absolute Gasteiger partial charge is 0.461 e. The summed E-state index contributed by atoms with van der Waals surface area (Å²) in [6, 6.07) is 6.64. The van der Waals surface area contributed by atoms with Gasteiger partial charge in [-0.25, -0.2) is 4.79 Å². The fraction of sp³-hybridized carbons (Fsp3) is 0.409. The van der Waals surface area contributed by atoms with Gasteiger partial charge in [0.15, 0.2) is 11.5 Å². The van der Waals surface area contributed by atoms with Gasteiger partial charge in [0.25, 0.3) is 5.91 Å². The number of esters is 1. The highest BCUT2D eigenvalue weighted by Crippen LogP contribution is 2.18. The molecule has 1 aromatic carbocycles. The van der Waals surface area contributed by atoms with E-state index in [0.717, 1.165) is 5.56 Å². The topological polar surface area (TPSA) is 163 Å². The fourth-order valence-corrected chi connectivity index (χ4v) is 3.03. The van der Waals surface area contributed by atoms with Crippen LogP contribution < -0.4 is 21.5 Å². The molecule has 0 aliphatic carbocycles. The highest BCUT2D eigenvalue weighted by Gasteiger charge is 2.18. The van der Waals surface area contributed by atoms with Crippen molar-refractivity contribution in [2.75, 3.05) is 32.6 Å². The van der Waals surface area contributed by atoms with E-state index in [9.17, 15) is 14.4 Å². The second-order valence-corrected chi connectivity index (χ2v) is 8.41. The number of aromatic amines is 1. The molecule has 12 nitrogen and oxygen atoms in total. The zero-order valence-corrected chi connectivity index (χ0v) is 19.5. The van der Waals surface area contributed by atoms with Crippen LogP contribution in [-0.4, -0.2) is 63.9 Å². The van der Waals surface area contributed by atoms with E-state index in [4.69, 9.17) is 19.9 Å². The van der Waals surface area contributed by atoms with Crippen LogP contribution in [0.25, 0.3) is 11.2 Å². The molecule has 0 unspecified atom stereocenters. The first-order valence-corrected chi connectivity index (χ1v) is 10.5. The van der Waals surface area contributed by atoms with Crippen LogP contribution in [0.5, 0.6) is 6.01 Å². The number of nitrogens with two attached hydrogens (primary N) is 1. The minimum absolute atomic E-state index is 0.0341. The number of carbonyl (C=O) groups is 2. The Morgan fingerprint density at radius 2 is 1.85 bits per heavy atom. The number of nitrogen functional groups attached to an aromatic ring is 1. The lowest BCUT2D eigenvalue weighted by Crippen LogP contribution is -2.34. The molecule has 3 rings (SSSR count). The Kier molecular flexibility index (Phi) is 7.51. The number of rotatable bonds is 9. The molecule has 0 saturated carbocycles. The third kappa shape index (κ3) is 6.32. The number of amides is 1. The van der Waals surface area contributed by atoms with Crippen molar-refractivity contribution < 1.29 is 23.8 Å². The van der Waals surface area contributed by atoms with Crippen molar-refractivity contribution >= 4 is 28.9 Å². The Balaban J connectivity index is 1.71. The van der Waals surface area contributed by atoms with Crippen molar-refractivity contribution in [3.8, 4) is 6.01 Å². The number of anilines is 1. The van der Waals surface area contributed by atoms with Crippen LogP contribution in [0.4, 0.5) is 5.82 Å². The summed E-state index contributed by atoms with van der Waals surface area (Å²) in [4.78, 5) is 47.6. The molecule has 0 bridgehead atoms. The van der Waals surface area contributed by atoms with Crippen molar-refractivity contribution in [2.24, 2.45) is 0 Å². The molecule has 2 aromatic heterocycles. The number of imidazole rings is 1. The second-order valence-electron chi connectivity index (χ2n) is 8.41. The van der Waals surface area contributed by atoms with Gasteiger partial charge in [-0.1, -0.05) is 12.1 Å². The molecule has 0 aliphatic rings. The van der Waals surface area contributed by atoms with Crippen LogP contribution in [0, 0.1) is 0 Å². The van der Waals surface area contributed by atoms with Gasteiger partial charge in [0.2, 0.25) is 0 Å². The van der Waals surface area contributed by atoms with Gasteiger partial charge >= 0.3 is 17.7 Å². The second kappa shape index (κ2) is 10.3. The summed E-state index contributed by atoms with van der Waals surface area (Å²) in [6.07, 6.45) is 0. The van der Waals surface area contributed by atoms with Gasteiger partial charge in [0.05, 0.1) is 13.2 Å². The number of hydrogen-bond acceptors (Lipinski definition) is 9. The summed E-state index contributed by atoms with van der Waals surface area (Å²) in [5, 5.41) is 2.53. The molecule has 0 atom stereocenters. The standard InChI is InChI=1S/C22H28N6O6/c1-22(2,3)34-15(29)11-24-19(30)14-7-5-13(6-8-14)12-28-18-16(25-21(28)31)17(23)26-20(27-18)33-10-9-32-4/h5-8H,9-12H2,1-4H3,(H,24,30)(H,25,31)(H2,23,26,27). The Morgan fingerprint density at radius 1 is 1.15 bits per heavy atom. The maximum absolute atomic E-state index is 12.5. The summed E-state index contributed by atoms with van der Waals surface area (Å²) in [7, 11) is 1.54. The molecule has 2 heterocycles. The van der Waals surface area contributed by atoms with E-state index < -0.39 is 23.2 Å². The summed E-state index contributed by atoms with van der Waals surface area (Å²) in [6.45, 7) is 5.76. The Labute approximate surface area is 195 Å². The van der Waals surface area contributed by atoms with E-state index in [2.05, 4.69) is 20.3 Å². The van der Waals surface area contributed by atoms with E-state index >= 15 is 0 Å². The molecule has 0 radical (unpaired) electrons. The molecular weight excluding hydrogens is 444 g/mol. The van der Waals surface area contributed by atoms with Crippen LogP contribution in [0.3, 0.4) is 0 Å². The molecule has 0 fully saturated rings. The number of ether oxygens (including phenoxy) is 3. The van der Waals surface area contributed by atoms with Crippen molar-refractivity contribution in [2.45, 2.75) is 32.9 Å². The number of methoxy groups -OCH3 is 1. The summed E-state index contributed by atoms with van der Waals surface area (Å²) < 4.78 is 16.9. The number of nitrogens with zero attached hydrogens (tertiary/aromatic N) is 3. The van der Waals surface area contributed by atoms with Crippen LogP contribution in [-0.2, 0) is 20.8 Å². The first-order chi connectivity index (χ1) is 16.1. The van der Waals surface area contributed by atoms with Crippen LogP contribution >= 0.6 is 0 Å². The number of nitrogens with one attached hydrogen (secondary N) is 2. The first kappa shape index (κ1) is 24.7. The molecule has 3 aromatic rings. The maximum Gasteiger partial charge on any atom is 0.328 e. The van der Waals surface area contributed by atoms with Gasteiger partial charge in [-0.2, -0.15) is 9.97 Å². The lowest BCUT2D eigenvalue weighted by Gasteiger charge is -2.19. The SMILES string of the molecule is COCCOc1nc(N)c2[nH]c(=O)n(Cc3ccc(C(=O)NCC(=O)OC(C)(C)C)cc3)c2n1. The fourth-order valence-electron chi connectivity index (χ4n) is 3.03. The highest BCUT2D eigenvalue weighted by atomic mass is 16.6. The lowest BCUT2D eigenvalue weighted by atomic mass is 10.1. The summed E-state index contributed by atoms with van der Waals surface area (Å²) >= 11 is 0. The Morgan fingerprint density at radius 3 is 2.50 bits per heavy atom. The molecule has 0 aliphatic heterocycles. The average molecular weight is 473 g/mol.